The zero-order valence-corrected chi connectivity index (χ0v) is 27.2. The Balaban J connectivity index is 2.04. The Hall–Kier alpha value is -5.12. The number of unbranched alkanes of at least 4 members (excludes halogenated alkanes) is 2. The molecule has 2 aromatic rings. The van der Waals surface area contributed by atoms with Gasteiger partial charge in [-0.05, 0) is 25.0 Å². The van der Waals surface area contributed by atoms with E-state index in [0.717, 1.165) is 62.1 Å². The number of carbonyl (C=O) groups excluding carboxylic acids is 4. The molecule has 0 atom stereocenters. The van der Waals surface area contributed by atoms with Crippen LogP contribution in [0.3, 0.4) is 0 Å². The summed E-state index contributed by atoms with van der Waals surface area (Å²) in [5.41, 5.74) is -2.37. The lowest BCUT2D eigenvalue weighted by molar-refractivity contribution is -0.385. The third-order valence-electron chi connectivity index (χ3n) is 5.87. The largest absolute Gasteiger partial charge is 0.459 e. The Labute approximate surface area is 284 Å². The summed E-state index contributed by atoms with van der Waals surface area (Å²) in [6.45, 7) is 3.25. The zero-order valence-electron chi connectivity index (χ0n) is 27.2. The van der Waals surface area contributed by atoms with Crippen LogP contribution in [0.2, 0.25) is 0 Å². The van der Waals surface area contributed by atoms with Crippen molar-refractivity contribution < 1.29 is 77.0 Å². The summed E-state index contributed by atoms with van der Waals surface area (Å²) >= 11 is 0. The number of carbonyl (C=O) groups is 4. The van der Waals surface area contributed by atoms with Crippen molar-refractivity contribution in [2.75, 3.05) is 53.2 Å². The van der Waals surface area contributed by atoms with Crippen molar-refractivity contribution >= 4 is 35.3 Å². The first-order valence-electron chi connectivity index (χ1n) is 15.1. The van der Waals surface area contributed by atoms with E-state index in [4.69, 9.17) is 48.0 Å². The van der Waals surface area contributed by atoms with Crippen LogP contribution in [0.1, 0.15) is 60.2 Å². The number of ether oxygens (including phenoxy) is 6. The minimum Gasteiger partial charge on any atom is -0.459 e. The fraction of sp³-hybridized carbons (Fsp3) is 0.467. The maximum Gasteiger partial charge on any atom is 0.423 e. The first-order chi connectivity index (χ1) is 24.1. The summed E-state index contributed by atoms with van der Waals surface area (Å²) in [5.74, 6) is -7.09. The molecule has 20 heteroatoms. The average Bonchev–Trinajstić information content (AvgIpc) is 3.10. The second kappa shape index (κ2) is 23.3. The van der Waals surface area contributed by atoms with Crippen molar-refractivity contribution in [3.63, 3.8) is 0 Å². The first kappa shape index (κ1) is 41.1. The van der Waals surface area contributed by atoms with Gasteiger partial charge in [0.1, 0.15) is 49.1 Å². The van der Waals surface area contributed by atoms with E-state index in [2.05, 4.69) is 0 Å². The SMILES string of the molecule is CCCCOCOOCCOC(=O)c1cc([N+](=O)[O-])ccc1OC(=O)C(=O)Oc1ccc([N+](=O)[O-])cc1C(=O)OCCOOCOCCCC. The lowest BCUT2D eigenvalue weighted by Crippen LogP contribution is -2.27. The number of rotatable bonds is 24. The molecule has 0 amide bonds. The average molecular weight is 713 g/mol. The second-order valence-electron chi connectivity index (χ2n) is 9.56. The van der Waals surface area contributed by atoms with Crippen LogP contribution in [-0.4, -0.2) is 87.0 Å². The van der Waals surface area contributed by atoms with E-state index in [9.17, 15) is 39.4 Å². The summed E-state index contributed by atoms with van der Waals surface area (Å²) in [7, 11) is 0. The molecule has 0 fully saturated rings. The molecule has 0 unspecified atom stereocenters. The van der Waals surface area contributed by atoms with Crippen LogP contribution in [-0.2, 0) is 48.1 Å². The Morgan fingerprint density at radius 1 is 0.580 bits per heavy atom. The maximum absolute atomic E-state index is 12.7. The lowest BCUT2D eigenvalue weighted by Gasteiger charge is -2.12. The molecule has 0 radical (unpaired) electrons. The quantitative estimate of drug-likeness (QED) is 0.0219. The Morgan fingerprint density at radius 3 is 1.34 bits per heavy atom. The van der Waals surface area contributed by atoms with Crippen LogP contribution in [0, 0.1) is 20.2 Å². The summed E-state index contributed by atoms with van der Waals surface area (Å²) in [5, 5.41) is 22.6. The predicted molar refractivity (Wildman–Crippen MR) is 164 cm³/mol. The summed E-state index contributed by atoms with van der Waals surface area (Å²) in [4.78, 5) is 90.7. The van der Waals surface area contributed by atoms with Gasteiger partial charge in [0.15, 0.2) is 13.6 Å². The molecule has 2 rings (SSSR count). The van der Waals surface area contributed by atoms with Gasteiger partial charge in [0.05, 0.1) is 9.85 Å². The number of esters is 4. The molecular formula is C30H36N2O18. The van der Waals surface area contributed by atoms with E-state index in [0.29, 0.717) is 13.2 Å². The van der Waals surface area contributed by atoms with Crippen molar-refractivity contribution in [2.24, 2.45) is 0 Å². The van der Waals surface area contributed by atoms with Crippen molar-refractivity contribution in [3.8, 4) is 11.5 Å². The molecule has 0 aliphatic rings. The van der Waals surface area contributed by atoms with Crippen LogP contribution in [0.15, 0.2) is 36.4 Å². The molecule has 0 N–H and O–H groups in total. The second-order valence-corrected chi connectivity index (χ2v) is 9.56. The molecule has 274 valence electrons. The third kappa shape index (κ3) is 15.0. The normalized spacial score (nSPS) is 10.7. The van der Waals surface area contributed by atoms with E-state index in [-0.39, 0.29) is 26.8 Å². The van der Waals surface area contributed by atoms with E-state index in [1.807, 2.05) is 13.8 Å². The van der Waals surface area contributed by atoms with Crippen molar-refractivity contribution in [3.05, 3.63) is 67.8 Å². The fourth-order valence-electron chi connectivity index (χ4n) is 3.40. The Bertz CT molecular complexity index is 1340. The van der Waals surface area contributed by atoms with Crippen LogP contribution in [0.5, 0.6) is 11.5 Å². The molecule has 0 heterocycles. The van der Waals surface area contributed by atoms with Crippen LogP contribution < -0.4 is 9.47 Å². The summed E-state index contributed by atoms with van der Waals surface area (Å²) in [6, 6.07) is 5.00. The molecule has 0 aliphatic carbocycles. The van der Waals surface area contributed by atoms with Crippen molar-refractivity contribution in [1.29, 1.82) is 0 Å². The zero-order chi connectivity index (χ0) is 36.7. The number of nitro groups is 2. The number of benzene rings is 2. The van der Waals surface area contributed by atoms with Gasteiger partial charge in [-0.25, -0.2) is 38.7 Å². The van der Waals surface area contributed by atoms with Gasteiger partial charge in [0.2, 0.25) is 0 Å². The van der Waals surface area contributed by atoms with E-state index in [1.165, 1.54) is 0 Å². The fourth-order valence-corrected chi connectivity index (χ4v) is 3.40. The number of nitrogens with zero attached hydrogens (tertiary/aromatic N) is 2. The van der Waals surface area contributed by atoms with Crippen molar-refractivity contribution in [2.45, 2.75) is 39.5 Å². The molecule has 50 heavy (non-hydrogen) atoms. The first-order valence-corrected chi connectivity index (χ1v) is 15.1. The molecule has 2 aromatic carbocycles. The van der Waals surface area contributed by atoms with Crippen molar-refractivity contribution in [1.82, 2.24) is 0 Å². The predicted octanol–water partition coefficient (Wildman–Crippen LogP) is 3.77. The lowest BCUT2D eigenvalue weighted by atomic mass is 10.1. The van der Waals surface area contributed by atoms with E-state index < -0.39 is 80.9 Å². The molecular weight excluding hydrogens is 676 g/mol. The molecule has 0 bridgehead atoms. The summed E-state index contributed by atoms with van der Waals surface area (Å²) < 4.78 is 30.1. The molecule has 20 nitrogen and oxygen atoms in total. The maximum atomic E-state index is 12.7. The molecule has 0 aromatic heterocycles. The highest BCUT2D eigenvalue weighted by Crippen LogP contribution is 2.27. The highest BCUT2D eigenvalue weighted by Gasteiger charge is 2.28. The minimum atomic E-state index is -1.74. The standard InChI is InChI=1S/C30H36N2O18/c1-3-5-11-41-19-47-45-15-13-43-27(33)23-17-21(31(37)38)7-9-25(23)49-29(35)30(36)50-26-10-8-22(32(39)40)18-24(26)28(34)44-14-16-46-48-20-42-12-6-4-2/h7-10,17-18H,3-6,11-16,19-20H2,1-2H3. The number of hydrogen-bond acceptors (Lipinski definition) is 18. The Kier molecular flexibility index (Phi) is 19.1. The molecule has 0 saturated heterocycles. The van der Waals surface area contributed by atoms with E-state index >= 15 is 0 Å². The monoisotopic (exact) mass is 712 g/mol. The highest BCUT2D eigenvalue weighted by atomic mass is 17.2. The molecule has 0 aliphatic heterocycles. The topological polar surface area (TPSA) is 247 Å². The minimum absolute atomic E-state index is 0.169. The molecule has 0 spiro atoms. The number of non-ortho nitro benzene ring substituents is 2. The highest BCUT2D eigenvalue weighted by molar-refractivity contribution is 6.31. The van der Waals surface area contributed by atoms with Gasteiger partial charge in [-0.2, -0.15) is 0 Å². The smallest absolute Gasteiger partial charge is 0.423 e. The van der Waals surface area contributed by atoms with Gasteiger partial charge in [0.25, 0.3) is 11.4 Å². The van der Waals surface area contributed by atoms with Gasteiger partial charge >= 0.3 is 23.9 Å². The van der Waals surface area contributed by atoms with E-state index in [1.54, 1.807) is 0 Å². The van der Waals surface area contributed by atoms with Gasteiger partial charge in [0, 0.05) is 37.5 Å². The van der Waals surface area contributed by atoms with Crippen LogP contribution >= 0.6 is 0 Å². The molecule has 0 saturated carbocycles. The van der Waals surface area contributed by atoms with Gasteiger partial charge in [-0.15, -0.1) is 0 Å². The summed E-state index contributed by atoms with van der Waals surface area (Å²) in [6.07, 6.45) is 3.50. The van der Waals surface area contributed by atoms with Gasteiger partial charge in [-0.1, -0.05) is 26.7 Å². The third-order valence-corrected chi connectivity index (χ3v) is 5.87. The van der Waals surface area contributed by atoms with Crippen LogP contribution in [0.25, 0.3) is 0 Å². The van der Waals surface area contributed by atoms with Gasteiger partial charge in [-0.3, -0.25) is 20.2 Å². The van der Waals surface area contributed by atoms with Crippen LogP contribution in [0.4, 0.5) is 11.4 Å². The number of hydrogen-bond donors (Lipinski definition) is 0. The number of nitro benzene ring substituents is 2. The Morgan fingerprint density at radius 2 is 0.980 bits per heavy atom. The van der Waals surface area contributed by atoms with Gasteiger partial charge < -0.3 is 28.4 Å².